The highest BCUT2D eigenvalue weighted by atomic mass is 16.6. The van der Waals surface area contributed by atoms with Crippen LogP contribution < -0.4 is 10.2 Å². The number of nitriles is 1. The molecule has 22 heavy (non-hydrogen) atoms. The molecule has 1 unspecified atom stereocenters. The van der Waals surface area contributed by atoms with Gasteiger partial charge in [-0.15, -0.1) is 0 Å². The Morgan fingerprint density at radius 3 is 2.77 bits per heavy atom. The van der Waals surface area contributed by atoms with Crippen LogP contribution in [0.15, 0.2) is 18.2 Å². The lowest BCUT2D eigenvalue weighted by Gasteiger charge is -2.32. The molecule has 0 amide bonds. The van der Waals surface area contributed by atoms with E-state index in [0.29, 0.717) is 17.3 Å². The molecule has 1 N–H and O–H groups in total. The van der Waals surface area contributed by atoms with Gasteiger partial charge in [0.05, 0.1) is 16.6 Å². The lowest BCUT2D eigenvalue weighted by Crippen LogP contribution is -2.49. The van der Waals surface area contributed by atoms with Gasteiger partial charge >= 0.3 is 0 Å². The summed E-state index contributed by atoms with van der Waals surface area (Å²) < 4.78 is 0. The minimum absolute atomic E-state index is 0.0278. The minimum Gasteiger partial charge on any atom is -0.364 e. The third-order valence-corrected chi connectivity index (χ3v) is 4.47. The Hall–Kier alpha value is -2.17. The number of nitro groups is 1. The van der Waals surface area contributed by atoms with E-state index in [1.165, 1.54) is 6.07 Å². The van der Waals surface area contributed by atoms with Gasteiger partial charge in [0, 0.05) is 51.4 Å². The van der Waals surface area contributed by atoms with Crippen LogP contribution in [0.25, 0.3) is 0 Å². The zero-order valence-corrected chi connectivity index (χ0v) is 12.4. The number of nitro benzene ring substituents is 1. The molecular weight excluding hydrogens is 282 g/mol. The number of anilines is 1. The summed E-state index contributed by atoms with van der Waals surface area (Å²) in [4.78, 5) is 15.4. The summed E-state index contributed by atoms with van der Waals surface area (Å²) in [6.07, 6.45) is 1.02. The average molecular weight is 301 g/mol. The smallest absolute Gasteiger partial charge is 0.293 e. The molecule has 1 atom stereocenters. The molecule has 2 saturated heterocycles. The maximum atomic E-state index is 11.3. The van der Waals surface area contributed by atoms with E-state index in [0.717, 1.165) is 45.7 Å². The summed E-state index contributed by atoms with van der Waals surface area (Å²) >= 11 is 0. The number of hydrogen-bond donors (Lipinski definition) is 1. The number of nitrogens with one attached hydrogen (secondary N) is 1. The van der Waals surface area contributed by atoms with E-state index in [4.69, 9.17) is 5.26 Å². The zero-order valence-electron chi connectivity index (χ0n) is 12.4. The molecule has 7 nitrogen and oxygen atoms in total. The van der Waals surface area contributed by atoms with Gasteiger partial charge in [-0.2, -0.15) is 5.26 Å². The summed E-state index contributed by atoms with van der Waals surface area (Å²) in [7, 11) is 0. The zero-order chi connectivity index (χ0) is 15.5. The summed E-state index contributed by atoms with van der Waals surface area (Å²) in [5, 5.41) is 23.5. The molecule has 2 fully saturated rings. The summed E-state index contributed by atoms with van der Waals surface area (Å²) in [6.45, 7) is 5.72. The van der Waals surface area contributed by atoms with Crippen molar-refractivity contribution in [3.8, 4) is 6.07 Å². The largest absolute Gasteiger partial charge is 0.364 e. The first-order valence-corrected chi connectivity index (χ1v) is 7.57. The van der Waals surface area contributed by atoms with Crippen molar-refractivity contribution < 1.29 is 4.92 Å². The first-order valence-electron chi connectivity index (χ1n) is 7.57. The Labute approximate surface area is 129 Å². The first-order chi connectivity index (χ1) is 10.7. The second kappa shape index (κ2) is 6.30. The topological polar surface area (TPSA) is 85.4 Å². The van der Waals surface area contributed by atoms with Gasteiger partial charge in [0.2, 0.25) is 0 Å². The highest BCUT2D eigenvalue weighted by Gasteiger charge is 2.31. The molecule has 1 aromatic carbocycles. The summed E-state index contributed by atoms with van der Waals surface area (Å²) in [6, 6.07) is 7.15. The van der Waals surface area contributed by atoms with Crippen molar-refractivity contribution in [1.29, 1.82) is 5.26 Å². The number of rotatable bonds is 3. The molecule has 1 aromatic rings. The van der Waals surface area contributed by atoms with Crippen molar-refractivity contribution in [2.24, 2.45) is 0 Å². The van der Waals surface area contributed by atoms with Crippen LogP contribution in [0, 0.1) is 21.4 Å². The molecule has 0 spiro atoms. The number of hydrogen-bond acceptors (Lipinski definition) is 6. The maximum Gasteiger partial charge on any atom is 0.293 e. The number of nitrogens with zero attached hydrogens (tertiary/aromatic N) is 4. The third-order valence-electron chi connectivity index (χ3n) is 4.47. The van der Waals surface area contributed by atoms with Crippen molar-refractivity contribution in [2.75, 3.05) is 44.2 Å². The van der Waals surface area contributed by atoms with Crippen molar-refractivity contribution in [3.05, 3.63) is 33.9 Å². The fourth-order valence-electron chi connectivity index (χ4n) is 3.31. The van der Waals surface area contributed by atoms with Crippen LogP contribution in [0.4, 0.5) is 11.4 Å². The molecule has 0 aliphatic carbocycles. The quantitative estimate of drug-likeness (QED) is 0.661. The highest BCUT2D eigenvalue weighted by molar-refractivity contribution is 5.66. The highest BCUT2D eigenvalue weighted by Crippen LogP contribution is 2.32. The van der Waals surface area contributed by atoms with Crippen molar-refractivity contribution in [1.82, 2.24) is 10.2 Å². The molecule has 0 aromatic heterocycles. The van der Waals surface area contributed by atoms with Gasteiger partial charge in [0.1, 0.15) is 5.69 Å². The van der Waals surface area contributed by atoms with Crippen LogP contribution in [0.2, 0.25) is 0 Å². The molecule has 2 aliphatic heterocycles. The van der Waals surface area contributed by atoms with Crippen LogP contribution in [-0.4, -0.2) is 55.1 Å². The standard InChI is InChI=1S/C15H19N5O2/c16-10-12-1-2-14(15(9-12)20(21)22)19-6-3-13(11-19)18-7-4-17-5-8-18/h1-2,9,13,17H,3-8,11H2. The predicted octanol–water partition coefficient (Wildman–Crippen LogP) is 0.950. The van der Waals surface area contributed by atoms with Crippen LogP contribution in [0.3, 0.4) is 0 Å². The van der Waals surface area contributed by atoms with Crippen molar-refractivity contribution in [2.45, 2.75) is 12.5 Å². The van der Waals surface area contributed by atoms with Crippen LogP contribution in [0.5, 0.6) is 0 Å². The van der Waals surface area contributed by atoms with Crippen molar-refractivity contribution in [3.63, 3.8) is 0 Å². The van der Waals surface area contributed by atoms with E-state index < -0.39 is 4.92 Å². The van der Waals surface area contributed by atoms with E-state index >= 15 is 0 Å². The lowest BCUT2D eigenvalue weighted by molar-refractivity contribution is -0.384. The van der Waals surface area contributed by atoms with Gasteiger partial charge in [-0.25, -0.2) is 0 Å². The Bertz CT molecular complexity index is 606. The molecule has 3 rings (SSSR count). The Morgan fingerprint density at radius 1 is 1.32 bits per heavy atom. The molecule has 116 valence electrons. The van der Waals surface area contributed by atoms with Gasteiger partial charge in [-0.1, -0.05) is 0 Å². The van der Waals surface area contributed by atoms with Gasteiger partial charge in [-0.3, -0.25) is 15.0 Å². The average Bonchev–Trinajstić information content (AvgIpc) is 3.05. The SMILES string of the molecule is N#Cc1ccc(N2CCC(N3CCNCC3)C2)c([N+](=O)[O-])c1. The monoisotopic (exact) mass is 301 g/mol. The second-order valence-electron chi connectivity index (χ2n) is 5.75. The van der Waals surface area contributed by atoms with Gasteiger partial charge in [-0.05, 0) is 18.6 Å². The summed E-state index contributed by atoms with van der Waals surface area (Å²) in [5.74, 6) is 0. The van der Waals surface area contributed by atoms with Crippen LogP contribution in [0.1, 0.15) is 12.0 Å². The van der Waals surface area contributed by atoms with Gasteiger partial charge < -0.3 is 10.2 Å². The first kappa shape index (κ1) is 14.8. The van der Waals surface area contributed by atoms with Crippen LogP contribution >= 0.6 is 0 Å². The Morgan fingerprint density at radius 2 is 2.09 bits per heavy atom. The van der Waals surface area contributed by atoms with Crippen molar-refractivity contribution >= 4 is 11.4 Å². The minimum atomic E-state index is -0.395. The molecule has 2 aliphatic rings. The molecule has 7 heteroatoms. The predicted molar refractivity (Wildman–Crippen MR) is 82.9 cm³/mol. The molecule has 0 saturated carbocycles. The Kier molecular flexibility index (Phi) is 4.22. The molecular formula is C15H19N5O2. The van der Waals surface area contributed by atoms with E-state index in [9.17, 15) is 10.1 Å². The van der Waals surface area contributed by atoms with E-state index in [-0.39, 0.29) is 5.69 Å². The van der Waals surface area contributed by atoms with Crippen LogP contribution in [-0.2, 0) is 0 Å². The fraction of sp³-hybridized carbons (Fsp3) is 0.533. The molecule has 2 heterocycles. The number of benzene rings is 1. The molecule has 0 radical (unpaired) electrons. The molecule has 0 bridgehead atoms. The second-order valence-corrected chi connectivity index (χ2v) is 5.75. The summed E-state index contributed by atoms with van der Waals surface area (Å²) in [5.41, 5.74) is 0.981. The normalized spacial score (nSPS) is 22.5. The number of piperazine rings is 1. The fourth-order valence-corrected chi connectivity index (χ4v) is 3.31. The van der Waals surface area contributed by atoms with Gasteiger partial charge in [0.15, 0.2) is 0 Å². The Balaban J connectivity index is 1.77. The maximum absolute atomic E-state index is 11.3. The van der Waals surface area contributed by atoms with E-state index in [1.54, 1.807) is 12.1 Å². The third kappa shape index (κ3) is 2.89. The van der Waals surface area contributed by atoms with E-state index in [2.05, 4.69) is 15.1 Å². The van der Waals surface area contributed by atoms with E-state index in [1.807, 2.05) is 6.07 Å². The lowest BCUT2D eigenvalue weighted by atomic mass is 10.1. The van der Waals surface area contributed by atoms with Gasteiger partial charge in [0.25, 0.3) is 5.69 Å².